The molecule has 110 valence electrons. The van der Waals surface area contributed by atoms with Crippen molar-refractivity contribution < 1.29 is 4.79 Å². The molecule has 0 saturated carbocycles. The summed E-state index contributed by atoms with van der Waals surface area (Å²) < 4.78 is 1.17. The van der Waals surface area contributed by atoms with Crippen molar-refractivity contribution in [2.75, 3.05) is 11.1 Å². The molecule has 4 nitrogen and oxygen atoms in total. The van der Waals surface area contributed by atoms with Crippen LogP contribution >= 0.6 is 22.6 Å². The number of nitrogen functional groups attached to an aromatic ring is 1. The minimum absolute atomic E-state index is 0.100. The molecule has 0 aliphatic carbocycles. The van der Waals surface area contributed by atoms with E-state index >= 15 is 0 Å². The number of amides is 1. The fraction of sp³-hybridized carbons (Fsp3) is 0.188. The Morgan fingerprint density at radius 2 is 1.81 bits per heavy atom. The van der Waals surface area contributed by atoms with Crippen LogP contribution in [0.5, 0.6) is 0 Å². The third-order valence-corrected chi connectivity index (χ3v) is 3.58. The van der Waals surface area contributed by atoms with Gasteiger partial charge in [-0.1, -0.05) is 0 Å². The van der Waals surface area contributed by atoms with Crippen LogP contribution in [-0.2, 0) is 0 Å². The maximum Gasteiger partial charge on any atom is 0.251 e. The topological polar surface area (TPSA) is 67.2 Å². The van der Waals surface area contributed by atoms with Crippen LogP contribution in [0.4, 0.5) is 17.1 Å². The van der Waals surface area contributed by atoms with E-state index < -0.39 is 0 Å². The number of carbonyl (C=O) groups is 1. The van der Waals surface area contributed by atoms with E-state index in [9.17, 15) is 4.79 Å². The SMILES string of the molecule is CC(C)NC(=O)c1ccc(Nc2ccc(I)cc2)c(N)c1. The van der Waals surface area contributed by atoms with Gasteiger partial charge in [-0.15, -0.1) is 0 Å². The summed E-state index contributed by atoms with van der Waals surface area (Å²) in [5.41, 5.74) is 8.88. The van der Waals surface area contributed by atoms with Crippen LogP contribution in [0.1, 0.15) is 24.2 Å². The average Bonchev–Trinajstić information content (AvgIpc) is 2.42. The Balaban J connectivity index is 2.15. The van der Waals surface area contributed by atoms with Crippen LogP contribution < -0.4 is 16.4 Å². The zero-order valence-electron chi connectivity index (χ0n) is 12.0. The summed E-state index contributed by atoms with van der Waals surface area (Å²) in [5.74, 6) is -0.113. The number of nitrogens with one attached hydrogen (secondary N) is 2. The van der Waals surface area contributed by atoms with E-state index in [1.54, 1.807) is 12.1 Å². The zero-order valence-corrected chi connectivity index (χ0v) is 14.1. The van der Waals surface area contributed by atoms with Crippen molar-refractivity contribution in [1.29, 1.82) is 0 Å². The molecule has 4 N–H and O–H groups in total. The van der Waals surface area contributed by atoms with Crippen molar-refractivity contribution in [1.82, 2.24) is 5.32 Å². The maximum absolute atomic E-state index is 11.9. The molecule has 0 atom stereocenters. The fourth-order valence-corrected chi connectivity index (χ4v) is 2.21. The first-order valence-electron chi connectivity index (χ1n) is 6.68. The Kier molecular flexibility index (Phi) is 5.06. The molecule has 0 radical (unpaired) electrons. The Bertz CT molecular complexity index is 638. The number of rotatable bonds is 4. The summed E-state index contributed by atoms with van der Waals surface area (Å²) in [6.45, 7) is 3.85. The first-order valence-corrected chi connectivity index (χ1v) is 7.76. The van der Waals surface area contributed by atoms with Gasteiger partial charge in [0.15, 0.2) is 0 Å². The number of carbonyl (C=O) groups excluding carboxylic acids is 1. The third-order valence-electron chi connectivity index (χ3n) is 2.86. The molecule has 0 spiro atoms. The van der Waals surface area contributed by atoms with E-state index in [1.807, 2.05) is 44.2 Å². The van der Waals surface area contributed by atoms with Crippen LogP contribution in [0.25, 0.3) is 0 Å². The Morgan fingerprint density at radius 3 is 2.38 bits per heavy atom. The van der Waals surface area contributed by atoms with Gasteiger partial charge in [0.2, 0.25) is 0 Å². The molecule has 2 rings (SSSR count). The van der Waals surface area contributed by atoms with Gasteiger partial charge in [-0.2, -0.15) is 0 Å². The van der Waals surface area contributed by atoms with Crippen molar-refractivity contribution in [3.8, 4) is 0 Å². The lowest BCUT2D eigenvalue weighted by Crippen LogP contribution is -2.30. The number of nitrogens with two attached hydrogens (primary N) is 1. The lowest BCUT2D eigenvalue weighted by Gasteiger charge is -2.12. The summed E-state index contributed by atoms with van der Waals surface area (Å²) in [7, 11) is 0. The van der Waals surface area contributed by atoms with Gasteiger partial charge in [0.1, 0.15) is 0 Å². The van der Waals surface area contributed by atoms with Gasteiger partial charge in [0.05, 0.1) is 11.4 Å². The molecule has 0 aromatic heterocycles. The minimum Gasteiger partial charge on any atom is -0.397 e. The number of hydrogen-bond donors (Lipinski definition) is 3. The smallest absolute Gasteiger partial charge is 0.251 e. The van der Waals surface area contributed by atoms with E-state index in [2.05, 4.69) is 33.2 Å². The zero-order chi connectivity index (χ0) is 15.4. The second-order valence-electron chi connectivity index (χ2n) is 5.06. The number of hydrogen-bond acceptors (Lipinski definition) is 3. The molecule has 21 heavy (non-hydrogen) atoms. The first kappa shape index (κ1) is 15.6. The van der Waals surface area contributed by atoms with Crippen molar-refractivity contribution in [2.24, 2.45) is 0 Å². The van der Waals surface area contributed by atoms with Crippen LogP contribution in [0.2, 0.25) is 0 Å². The average molecular weight is 395 g/mol. The Hall–Kier alpha value is -1.76. The molecule has 0 unspecified atom stereocenters. The summed E-state index contributed by atoms with van der Waals surface area (Å²) >= 11 is 2.26. The monoisotopic (exact) mass is 395 g/mol. The molecular weight excluding hydrogens is 377 g/mol. The van der Waals surface area contributed by atoms with Gasteiger partial charge >= 0.3 is 0 Å². The number of anilines is 3. The molecule has 0 aliphatic heterocycles. The molecule has 0 fully saturated rings. The predicted molar refractivity (Wildman–Crippen MR) is 95.9 cm³/mol. The van der Waals surface area contributed by atoms with E-state index in [1.165, 1.54) is 3.57 Å². The highest BCUT2D eigenvalue weighted by Gasteiger charge is 2.09. The van der Waals surface area contributed by atoms with Crippen molar-refractivity contribution in [2.45, 2.75) is 19.9 Å². The molecule has 0 saturated heterocycles. The Morgan fingerprint density at radius 1 is 1.14 bits per heavy atom. The van der Waals surface area contributed by atoms with Gasteiger partial charge in [-0.3, -0.25) is 4.79 Å². The molecule has 2 aromatic carbocycles. The van der Waals surface area contributed by atoms with Crippen molar-refractivity contribution in [3.63, 3.8) is 0 Å². The standard InChI is InChI=1S/C16H18IN3O/c1-10(2)19-16(21)11-3-8-15(14(18)9-11)20-13-6-4-12(17)5-7-13/h3-10,20H,18H2,1-2H3,(H,19,21). The van der Waals surface area contributed by atoms with Crippen molar-refractivity contribution >= 4 is 45.6 Å². The Labute approximate surface area is 138 Å². The fourth-order valence-electron chi connectivity index (χ4n) is 1.85. The second-order valence-corrected chi connectivity index (χ2v) is 6.31. The van der Waals surface area contributed by atoms with E-state index in [4.69, 9.17) is 5.73 Å². The van der Waals surface area contributed by atoms with Gasteiger partial charge in [0, 0.05) is 20.9 Å². The summed E-state index contributed by atoms with van der Waals surface area (Å²) in [5, 5.41) is 6.09. The maximum atomic E-state index is 11.9. The minimum atomic E-state index is -0.113. The van der Waals surface area contributed by atoms with Crippen LogP contribution in [0.3, 0.4) is 0 Å². The molecular formula is C16H18IN3O. The van der Waals surface area contributed by atoms with E-state index in [0.717, 1.165) is 11.4 Å². The largest absolute Gasteiger partial charge is 0.397 e. The second kappa shape index (κ2) is 6.80. The predicted octanol–water partition coefficient (Wildman–Crippen LogP) is 3.76. The lowest BCUT2D eigenvalue weighted by atomic mass is 10.1. The van der Waals surface area contributed by atoms with Gasteiger partial charge in [0.25, 0.3) is 5.91 Å². The molecule has 0 heterocycles. The molecule has 2 aromatic rings. The first-order chi connectivity index (χ1) is 9.95. The highest BCUT2D eigenvalue weighted by Crippen LogP contribution is 2.24. The van der Waals surface area contributed by atoms with Crippen LogP contribution in [0, 0.1) is 3.57 Å². The highest BCUT2D eigenvalue weighted by molar-refractivity contribution is 14.1. The summed E-state index contributed by atoms with van der Waals surface area (Å²) in [6, 6.07) is 13.4. The van der Waals surface area contributed by atoms with E-state index in [-0.39, 0.29) is 11.9 Å². The summed E-state index contributed by atoms with van der Waals surface area (Å²) in [6.07, 6.45) is 0. The number of benzene rings is 2. The molecule has 5 heteroatoms. The van der Waals surface area contributed by atoms with Crippen LogP contribution in [0.15, 0.2) is 42.5 Å². The molecule has 0 bridgehead atoms. The van der Waals surface area contributed by atoms with Gasteiger partial charge in [-0.05, 0) is 78.9 Å². The third kappa shape index (κ3) is 4.35. The van der Waals surface area contributed by atoms with E-state index in [0.29, 0.717) is 11.3 Å². The molecule has 1 amide bonds. The highest BCUT2D eigenvalue weighted by atomic mass is 127. The summed E-state index contributed by atoms with van der Waals surface area (Å²) in [4.78, 5) is 11.9. The van der Waals surface area contributed by atoms with Gasteiger partial charge < -0.3 is 16.4 Å². The normalized spacial score (nSPS) is 10.5. The van der Waals surface area contributed by atoms with Crippen molar-refractivity contribution in [3.05, 3.63) is 51.6 Å². The van der Waals surface area contributed by atoms with Crippen LogP contribution in [-0.4, -0.2) is 11.9 Å². The quantitative estimate of drug-likeness (QED) is 0.546. The van der Waals surface area contributed by atoms with Gasteiger partial charge in [-0.25, -0.2) is 0 Å². The number of halogens is 1. The molecule has 0 aliphatic rings. The lowest BCUT2D eigenvalue weighted by molar-refractivity contribution is 0.0943.